The first kappa shape index (κ1) is 14.5. The minimum Gasteiger partial charge on any atom is -0.321 e. The van der Waals surface area contributed by atoms with E-state index in [0.29, 0.717) is 16.0 Å². The van der Waals surface area contributed by atoms with Gasteiger partial charge in [0, 0.05) is 10.6 Å². The average Bonchev–Trinajstić information content (AvgIpc) is 3.00. The van der Waals surface area contributed by atoms with Gasteiger partial charge < -0.3 is 5.32 Å². The topological polar surface area (TPSA) is 29.1 Å². The molecule has 3 aromatic rings. The van der Waals surface area contributed by atoms with Crippen LogP contribution in [0.25, 0.3) is 10.4 Å². The van der Waals surface area contributed by atoms with Crippen molar-refractivity contribution < 1.29 is 9.18 Å². The molecule has 0 unspecified atom stereocenters. The number of carbonyl (C=O) groups excluding carboxylic acids is 1. The first-order valence-corrected chi connectivity index (χ1v) is 7.46. The summed E-state index contributed by atoms with van der Waals surface area (Å²) in [6.45, 7) is 0. The Bertz CT molecular complexity index is 796. The van der Waals surface area contributed by atoms with Crippen LogP contribution in [0.4, 0.5) is 10.1 Å². The number of benzene rings is 2. The van der Waals surface area contributed by atoms with Gasteiger partial charge in [-0.3, -0.25) is 4.79 Å². The number of thiophene rings is 1. The van der Waals surface area contributed by atoms with Gasteiger partial charge >= 0.3 is 0 Å². The summed E-state index contributed by atoms with van der Waals surface area (Å²) in [5, 5.41) is 2.82. The summed E-state index contributed by atoms with van der Waals surface area (Å²) >= 11 is 1.36. The van der Waals surface area contributed by atoms with E-state index in [1.54, 1.807) is 42.5 Å². The number of anilines is 1. The van der Waals surface area contributed by atoms with Crippen molar-refractivity contribution in [1.82, 2.24) is 0 Å². The Morgan fingerprint density at radius 2 is 1.64 bits per heavy atom. The van der Waals surface area contributed by atoms with E-state index in [1.807, 2.05) is 6.07 Å². The molecular formula is C17H11BFNOS. The van der Waals surface area contributed by atoms with E-state index in [0.717, 1.165) is 10.4 Å². The van der Waals surface area contributed by atoms with Gasteiger partial charge in [0.25, 0.3) is 5.91 Å². The average molecular weight is 307 g/mol. The molecule has 3 rings (SSSR count). The van der Waals surface area contributed by atoms with Gasteiger partial charge in [0.2, 0.25) is 0 Å². The minimum absolute atomic E-state index is 0.178. The quantitative estimate of drug-likeness (QED) is 0.736. The molecule has 0 aliphatic carbocycles. The first-order valence-electron chi connectivity index (χ1n) is 6.64. The maximum Gasteiger partial charge on any atom is 0.265 e. The molecule has 1 aromatic heterocycles. The number of hydrogen-bond donors (Lipinski definition) is 1. The lowest BCUT2D eigenvalue weighted by Crippen LogP contribution is -2.11. The van der Waals surface area contributed by atoms with Gasteiger partial charge in [-0.25, -0.2) is 4.39 Å². The Morgan fingerprint density at radius 1 is 0.955 bits per heavy atom. The zero-order chi connectivity index (χ0) is 15.5. The van der Waals surface area contributed by atoms with Crippen molar-refractivity contribution in [1.29, 1.82) is 0 Å². The van der Waals surface area contributed by atoms with Crippen molar-refractivity contribution >= 4 is 36.2 Å². The third-order valence-corrected chi connectivity index (χ3v) is 4.26. The van der Waals surface area contributed by atoms with Crippen molar-refractivity contribution in [3.63, 3.8) is 0 Å². The number of rotatable bonds is 3. The number of amides is 1. The third-order valence-electron chi connectivity index (χ3n) is 3.13. The summed E-state index contributed by atoms with van der Waals surface area (Å²) in [5.74, 6) is -0.454. The zero-order valence-corrected chi connectivity index (χ0v) is 12.4. The summed E-state index contributed by atoms with van der Waals surface area (Å²) in [6.07, 6.45) is 0. The van der Waals surface area contributed by atoms with Gasteiger partial charge in [0.05, 0.1) is 4.88 Å². The van der Waals surface area contributed by atoms with E-state index < -0.39 is 0 Å². The number of halogens is 1. The van der Waals surface area contributed by atoms with Crippen molar-refractivity contribution in [2.24, 2.45) is 0 Å². The van der Waals surface area contributed by atoms with E-state index in [1.165, 1.54) is 23.5 Å². The summed E-state index contributed by atoms with van der Waals surface area (Å²) < 4.78 is 12.9. The van der Waals surface area contributed by atoms with Crippen LogP contribution in [0.3, 0.4) is 0 Å². The molecule has 2 radical (unpaired) electrons. The first-order chi connectivity index (χ1) is 10.6. The molecule has 2 nitrogen and oxygen atoms in total. The van der Waals surface area contributed by atoms with E-state index in [2.05, 4.69) is 5.32 Å². The minimum atomic E-state index is -0.276. The number of carbonyl (C=O) groups is 1. The van der Waals surface area contributed by atoms with Crippen molar-refractivity contribution in [3.05, 3.63) is 71.4 Å². The van der Waals surface area contributed by atoms with Crippen molar-refractivity contribution in [2.75, 3.05) is 5.32 Å². The highest BCUT2D eigenvalue weighted by Gasteiger charge is 2.10. The highest BCUT2D eigenvalue weighted by atomic mass is 32.1. The smallest absolute Gasteiger partial charge is 0.265 e. The SMILES string of the molecule is [B]c1ccc(NC(=O)c2ccc(-c3ccc(F)cc3)s2)cc1. The second-order valence-corrected chi connectivity index (χ2v) is 5.83. The highest BCUT2D eigenvalue weighted by molar-refractivity contribution is 7.17. The van der Waals surface area contributed by atoms with E-state index in [4.69, 9.17) is 7.85 Å². The van der Waals surface area contributed by atoms with Crippen molar-refractivity contribution in [2.45, 2.75) is 0 Å². The molecule has 0 fully saturated rings. The van der Waals surface area contributed by atoms with E-state index >= 15 is 0 Å². The monoisotopic (exact) mass is 307 g/mol. The summed E-state index contributed by atoms with van der Waals surface area (Å²) in [7, 11) is 5.61. The predicted molar refractivity (Wildman–Crippen MR) is 89.5 cm³/mol. The van der Waals surface area contributed by atoms with Crippen LogP contribution in [0.2, 0.25) is 0 Å². The van der Waals surface area contributed by atoms with Gasteiger partial charge in [-0.15, -0.1) is 11.3 Å². The van der Waals surface area contributed by atoms with Crippen molar-refractivity contribution in [3.8, 4) is 10.4 Å². The summed E-state index contributed by atoms with van der Waals surface area (Å²) in [5.41, 5.74) is 2.22. The van der Waals surface area contributed by atoms with Gasteiger partial charge in [-0.2, -0.15) is 0 Å². The van der Waals surface area contributed by atoms with E-state index in [9.17, 15) is 9.18 Å². The summed E-state index contributed by atoms with van der Waals surface area (Å²) in [6, 6.07) is 16.8. The fraction of sp³-hybridized carbons (Fsp3) is 0. The molecule has 0 bridgehead atoms. The van der Waals surface area contributed by atoms with Crippen LogP contribution in [0.1, 0.15) is 9.67 Å². The standard InChI is InChI=1S/C17H11BFNOS/c18-12-3-7-14(8-4-12)20-17(21)16-10-9-15(22-16)11-1-5-13(19)6-2-11/h1-10H,(H,20,21). The molecule has 0 saturated heterocycles. The van der Waals surface area contributed by atoms with Crippen LogP contribution >= 0.6 is 11.3 Å². The highest BCUT2D eigenvalue weighted by Crippen LogP contribution is 2.28. The fourth-order valence-corrected chi connectivity index (χ4v) is 2.90. The second kappa shape index (κ2) is 6.16. The molecule has 5 heteroatoms. The predicted octanol–water partition coefficient (Wildman–Crippen LogP) is 3.60. The second-order valence-electron chi connectivity index (χ2n) is 4.75. The molecule has 0 spiro atoms. The van der Waals surface area contributed by atoms with Crippen LogP contribution < -0.4 is 10.8 Å². The number of nitrogens with one attached hydrogen (secondary N) is 1. The lowest BCUT2D eigenvalue weighted by Gasteiger charge is -2.03. The maximum atomic E-state index is 12.9. The molecule has 106 valence electrons. The molecule has 0 aliphatic rings. The summed E-state index contributed by atoms with van der Waals surface area (Å²) in [4.78, 5) is 13.7. The largest absolute Gasteiger partial charge is 0.321 e. The normalized spacial score (nSPS) is 10.4. The van der Waals surface area contributed by atoms with Crippen LogP contribution in [0.15, 0.2) is 60.7 Å². The van der Waals surface area contributed by atoms with Crippen LogP contribution in [0.5, 0.6) is 0 Å². The van der Waals surface area contributed by atoms with Gasteiger partial charge in [0.15, 0.2) is 0 Å². The van der Waals surface area contributed by atoms with Gasteiger partial charge in [-0.05, 0) is 42.0 Å². The maximum absolute atomic E-state index is 12.9. The molecule has 1 N–H and O–H groups in total. The Kier molecular flexibility index (Phi) is 4.07. The lowest BCUT2D eigenvalue weighted by atomic mass is 9.96. The third kappa shape index (κ3) is 3.26. The molecule has 1 heterocycles. The zero-order valence-electron chi connectivity index (χ0n) is 11.5. The van der Waals surface area contributed by atoms with Crippen LogP contribution in [-0.2, 0) is 0 Å². The van der Waals surface area contributed by atoms with Gasteiger partial charge in [-0.1, -0.05) is 29.7 Å². The Morgan fingerprint density at radius 3 is 2.32 bits per heavy atom. The molecule has 1 amide bonds. The fourth-order valence-electron chi connectivity index (χ4n) is 1.99. The van der Waals surface area contributed by atoms with Crippen LogP contribution in [0, 0.1) is 5.82 Å². The molecule has 2 aromatic carbocycles. The number of hydrogen-bond acceptors (Lipinski definition) is 2. The Labute approximate surface area is 133 Å². The molecular weight excluding hydrogens is 296 g/mol. The molecule has 0 atom stereocenters. The molecule has 0 saturated carbocycles. The van der Waals surface area contributed by atoms with Gasteiger partial charge in [0.1, 0.15) is 13.7 Å². The molecule has 22 heavy (non-hydrogen) atoms. The Balaban J connectivity index is 1.76. The lowest BCUT2D eigenvalue weighted by molar-refractivity contribution is 0.103. The Hall–Kier alpha value is -2.40. The molecule has 0 aliphatic heterocycles. The van der Waals surface area contributed by atoms with Crippen LogP contribution in [-0.4, -0.2) is 13.8 Å². The van der Waals surface area contributed by atoms with E-state index in [-0.39, 0.29) is 11.7 Å².